The Hall–Kier alpha value is -1.58. The van der Waals surface area contributed by atoms with Crippen molar-refractivity contribution in [1.82, 2.24) is 18.4 Å². The monoisotopic (exact) mass is 382 g/mol. The first-order chi connectivity index (χ1) is 11.9. The molecule has 1 N–H and O–H groups in total. The van der Waals surface area contributed by atoms with Crippen LogP contribution in [0.2, 0.25) is 0 Å². The molecule has 0 unspecified atom stereocenters. The Balaban J connectivity index is 1.80. The maximum Gasteiger partial charge on any atom is 0.245 e. The van der Waals surface area contributed by atoms with Gasteiger partial charge in [-0.2, -0.15) is 13.1 Å². The Morgan fingerprint density at radius 3 is 2.96 bits per heavy atom. The number of carbonyl (C=O) groups excluding carboxylic acids is 1. The van der Waals surface area contributed by atoms with E-state index in [0.717, 1.165) is 11.7 Å². The van der Waals surface area contributed by atoms with Gasteiger partial charge < -0.3 is 5.32 Å². The van der Waals surface area contributed by atoms with Gasteiger partial charge in [-0.3, -0.25) is 4.79 Å². The van der Waals surface area contributed by atoms with Gasteiger partial charge in [0.15, 0.2) is 0 Å². The van der Waals surface area contributed by atoms with Gasteiger partial charge in [0.2, 0.25) is 15.9 Å². The average molecular weight is 383 g/mol. The number of aromatic nitrogens is 2. The van der Waals surface area contributed by atoms with E-state index in [-0.39, 0.29) is 23.3 Å². The molecule has 7 nitrogen and oxygen atoms in total. The van der Waals surface area contributed by atoms with E-state index in [4.69, 9.17) is 0 Å². The van der Waals surface area contributed by atoms with Crippen LogP contribution in [0, 0.1) is 11.8 Å². The molecule has 0 radical (unpaired) electrons. The zero-order valence-electron chi connectivity index (χ0n) is 14.3. The molecule has 3 rings (SSSR count). The highest BCUT2D eigenvalue weighted by atomic mass is 32.2. The molecule has 1 atom stereocenters. The molecule has 0 aliphatic carbocycles. The Kier molecular flexibility index (Phi) is 5.35. The number of amides is 1. The fraction of sp³-hybridized carbons (Fsp3) is 0.562. The van der Waals surface area contributed by atoms with Crippen molar-refractivity contribution in [3.05, 3.63) is 18.2 Å². The van der Waals surface area contributed by atoms with Crippen LogP contribution in [0.1, 0.15) is 26.7 Å². The molecule has 2 aromatic rings. The Morgan fingerprint density at radius 1 is 1.40 bits per heavy atom. The summed E-state index contributed by atoms with van der Waals surface area (Å²) in [5.41, 5.74) is 0.980. The summed E-state index contributed by atoms with van der Waals surface area (Å²) in [6.45, 7) is 5.29. The molecule has 2 heterocycles. The van der Waals surface area contributed by atoms with Crippen LogP contribution in [0.3, 0.4) is 0 Å². The van der Waals surface area contributed by atoms with Gasteiger partial charge in [0.25, 0.3) is 0 Å². The third-order valence-electron chi connectivity index (χ3n) is 4.31. The number of rotatable bonds is 5. The van der Waals surface area contributed by atoms with E-state index in [2.05, 4.69) is 14.1 Å². The van der Waals surface area contributed by atoms with Crippen molar-refractivity contribution in [3.8, 4) is 0 Å². The van der Waals surface area contributed by atoms with Crippen LogP contribution in [0.25, 0.3) is 11.0 Å². The molecule has 136 valence electrons. The summed E-state index contributed by atoms with van der Waals surface area (Å²) in [4.78, 5) is 12.5. The summed E-state index contributed by atoms with van der Waals surface area (Å²) in [6, 6.07) is 4.98. The van der Waals surface area contributed by atoms with Gasteiger partial charge in [0, 0.05) is 19.6 Å². The van der Waals surface area contributed by atoms with E-state index >= 15 is 0 Å². The smallest absolute Gasteiger partial charge is 0.245 e. The highest BCUT2D eigenvalue weighted by molar-refractivity contribution is 7.89. The predicted octanol–water partition coefficient (Wildman–Crippen LogP) is 1.86. The van der Waals surface area contributed by atoms with E-state index < -0.39 is 10.0 Å². The van der Waals surface area contributed by atoms with Crippen LogP contribution < -0.4 is 5.32 Å². The van der Waals surface area contributed by atoms with Crippen molar-refractivity contribution in [2.75, 3.05) is 19.6 Å². The fourth-order valence-electron chi connectivity index (χ4n) is 2.95. The molecule has 9 heteroatoms. The van der Waals surface area contributed by atoms with Crippen molar-refractivity contribution in [3.63, 3.8) is 0 Å². The molecule has 1 amide bonds. The molecule has 1 aliphatic rings. The first-order valence-corrected chi connectivity index (χ1v) is 10.6. The van der Waals surface area contributed by atoms with Crippen molar-refractivity contribution in [2.24, 2.45) is 11.8 Å². The minimum atomic E-state index is -3.70. The van der Waals surface area contributed by atoms with Gasteiger partial charge in [-0.1, -0.05) is 19.9 Å². The fourth-order valence-corrected chi connectivity index (χ4v) is 5.23. The molecule has 25 heavy (non-hydrogen) atoms. The first kappa shape index (κ1) is 18.2. The van der Waals surface area contributed by atoms with Crippen LogP contribution in [-0.2, 0) is 14.8 Å². The largest absolute Gasteiger partial charge is 0.356 e. The number of fused-ring (bicyclic) bond motifs is 1. The topological polar surface area (TPSA) is 92.3 Å². The Morgan fingerprint density at radius 2 is 2.20 bits per heavy atom. The standard InChI is InChI=1S/C16H22N4O3S2/c1-11(2)9-17-16(21)12-5-4-8-20(10-12)25(22,23)14-7-3-6-13-15(14)19-24-18-13/h3,6-7,11-12H,4-5,8-10H2,1-2H3,(H,17,21)/t12-/m1/s1. The number of sulfonamides is 1. The molecular weight excluding hydrogens is 360 g/mol. The quantitative estimate of drug-likeness (QED) is 0.852. The number of nitrogens with one attached hydrogen (secondary N) is 1. The molecular formula is C16H22N4O3S2. The summed E-state index contributed by atoms with van der Waals surface area (Å²) in [6.07, 6.45) is 1.38. The lowest BCUT2D eigenvalue weighted by atomic mass is 9.98. The second-order valence-electron chi connectivity index (χ2n) is 6.73. The van der Waals surface area contributed by atoms with Gasteiger partial charge in [-0.25, -0.2) is 8.42 Å². The number of carbonyl (C=O) groups is 1. The summed E-state index contributed by atoms with van der Waals surface area (Å²) in [5.74, 6) is -0.0145. The first-order valence-electron chi connectivity index (χ1n) is 8.38. The van der Waals surface area contributed by atoms with E-state index in [1.54, 1.807) is 18.2 Å². The van der Waals surface area contributed by atoms with E-state index in [1.807, 2.05) is 13.8 Å². The van der Waals surface area contributed by atoms with Crippen molar-refractivity contribution in [1.29, 1.82) is 0 Å². The average Bonchev–Trinajstić information content (AvgIpc) is 3.08. The van der Waals surface area contributed by atoms with Crippen LogP contribution in [0.5, 0.6) is 0 Å². The minimum Gasteiger partial charge on any atom is -0.356 e. The van der Waals surface area contributed by atoms with Gasteiger partial charge in [0.1, 0.15) is 15.9 Å². The van der Waals surface area contributed by atoms with Gasteiger partial charge in [-0.15, -0.1) is 0 Å². The number of hydrogen-bond donors (Lipinski definition) is 1. The van der Waals surface area contributed by atoms with E-state index in [9.17, 15) is 13.2 Å². The summed E-state index contributed by atoms with van der Waals surface area (Å²) >= 11 is 0.997. The van der Waals surface area contributed by atoms with Gasteiger partial charge in [0.05, 0.1) is 17.6 Å². The van der Waals surface area contributed by atoms with E-state index in [1.165, 1.54) is 4.31 Å². The number of piperidine rings is 1. The molecule has 0 saturated carbocycles. The maximum absolute atomic E-state index is 13.1. The lowest BCUT2D eigenvalue weighted by Gasteiger charge is -2.31. The van der Waals surface area contributed by atoms with E-state index in [0.29, 0.717) is 42.9 Å². The predicted molar refractivity (Wildman–Crippen MR) is 96.7 cm³/mol. The third kappa shape index (κ3) is 3.83. The molecule has 0 bridgehead atoms. The van der Waals surface area contributed by atoms with Crippen LogP contribution >= 0.6 is 11.7 Å². The molecule has 0 spiro atoms. The zero-order chi connectivity index (χ0) is 18.0. The minimum absolute atomic E-state index is 0.0675. The molecule has 1 aromatic heterocycles. The highest BCUT2D eigenvalue weighted by Gasteiger charge is 2.34. The van der Waals surface area contributed by atoms with Gasteiger partial charge >= 0.3 is 0 Å². The van der Waals surface area contributed by atoms with Crippen LogP contribution in [0.15, 0.2) is 23.1 Å². The SMILES string of the molecule is CC(C)CNC(=O)[C@@H]1CCCN(S(=O)(=O)c2cccc3nsnc23)C1. The van der Waals surface area contributed by atoms with Crippen molar-refractivity contribution in [2.45, 2.75) is 31.6 Å². The van der Waals surface area contributed by atoms with Crippen molar-refractivity contribution >= 4 is 38.7 Å². The molecule has 1 aliphatic heterocycles. The number of benzene rings is 1. The number of nitrogens with zero attached hydrogens (tertiary/aromatic N) is 3. The summed E-state index contributed by atoms with van der Waals surface area (Å²) in [5, 5.41) is 2.91. The van der Waals surface area contributed by atoms with Crippen LogP contribution in [-0.4, -0.2) is 47.0 Å². The maximum atomic E-state index is 13.1. The van der Waals surface area contributed by atoms with Crippen LogP contribution in [0.4, 0.5) is 0 Å². The van der Waals surface area contributed by atoms with Gasteiger partial charge in [-0.05, 0) is 30.9 Å². The molecule has 1 aromatic carbocycles. The molecule has 1 fully saturated rings. The summed E-state index contributed by atoms with van der Waals surface area (Å²) < 4.78 is 35.8. The second kappa shape index (κ2) is 7.35. The second-order valence-corrected chi connectivity index (χ2v) is 9.16. The summed E-state index contributed by atoms with van der Waals surface area (Å²) in [7, 11) is -3.70. The third-order valence-corrected chi connectivity index (χ3v) is 6.75. The van der Waals surface area contributed by atoms with Crippen molar-refractivity contribution < 1.29 is 13.2 Å². The Bertz CT molecular complexity index is 863. The highest BCUT2D eigenvalue weighted by Crippen LogP contribution is 2.28. The zero-order valence-corrected chi connectivity index (χ0v) is 15.9. The normalized spacial score (nSPS) is 19.4. The lowest BCUT2D eigenvalue weighted by Crippen LogP contribution is -2.45. The lowest BCUT2D eigenvalue weighted by molar-refractivity contribution is -0.126. The Labute approximate surface area is 151 Å². The molecule has 1 saturated heterocycles. The number of hydrogen-bond acceptors (Lipinski definition) is 6.